The van der Waals surface area contributed by atoms with Crippen LogP contribution < -0.4 is 9.47 Å². The van der Waals surface area contributed by atoms with Crippen molar-refractivity contribution in [1.82, 2.24) is 4.98 Å². The number of nitrogens with zero attached hydrogens (tertiary/aromatic N) is 2. The van der Waals surface area contributed by atoms with E-state index in [0.717, 1.165) is 11.3 Å². The Hall–Kier alpha value is -2.63. The normalized spacial score (nSPS) is 10.1. The summed E-state index contributed by atoms with van der Waals surface area (Å²) in [4.78, 5) is 14.2. The number of rotatable bonds is 5. The predicted molar refractivity (Wildman–Crippen MR) is 73.0 cm³/mol. The zero-order valence-corrected chi connectivity index (χ0v) is 11.2. The zero-order valence-electron chi connectivity index (χ0n) is 11.2. The fraction of sp³-hybridized carbons (Fsp3) is 0.214. The number of aromatic nitrogens is 1. The molecule has 0 atom stereocenters. The SMILES string of the molecule is COc1ccc(COc2cncc([N+](=O)[O-])c2C)cc1. The van der Waals surface area contributed by atoms with Gasteiger partial charge in [-0.05, 0) is 24.6 Å². The highest BCUT2D eigenvalue weighted by molar-refractivity contribution is 5.45. The Balaban J connectivity index is 2.10. The molecule has 0 aliphatic rings. The third kappa shape index (κ3) is 3.03. The molecule has 104 valence electrons. The van der Waals surface area contributed by atoms with Gasteiger partial charge in [0, 0.05) is 0 Å². The number of nitro groups is 1. The van der Waals surface area contributed by atoms with E-state index in [-0.39, 0.29) is 5.69 Å². The van der Waals surface area contributed by atoms with Gasteiger partial charge in [0.15, 0.2) is 0 Å². The highest BCUT2D eigenvalue weighted by Gasteiger charge is 2.15. The molecule has 0 fully saturated rings. The van der Waals surface area contributed by atoms with Crippen LogP contribution in [-0.2, 0) is 6.61 Å². The maximum atomic E-state index is 10.8. The molecule has 2 aromatic rings. The Labute approximate surface area is 116 Å². The summed E-state index contributed by atoms with van der Waals surface area (Å²) in [5.41, 5.74) is 1.37. The van der Waals surface area contributed by atoms with Crippen molar-refractivity contribution in [3.05, 3.63) is 57.9 Å². The Morgan fingerprint density at radius 1 is 1.25 bits per heavy atom. The van der Waals surface area contributed by atoms with Gasteiger partial charge in [0.05, 0.1) is 23.8 Å². The van der Waals surface area contributed by atoms with Gasteiger partial charge in [0.1, 0.15) is 24.3 Å². The first-order valence-corrected chi connectivity index (χ1v) is 5.96. The number of pyridine rings is 1. The van der Waals surface area contributed by atoms with E-state index in [4.69, 9.17) is 9.47 Å². The van der Waals surface area contributed by atoms with E-state index in [1.165, 1.54) is 12.4 Å². The first kappa shape index (κ1) is 13.8. The maximum absolute atomic E-state index is 10.8. The van der Waals surface area contributed by atoms with Crippen molar-refractivity contribution in [3.8, 4) is 11.5 Å². The topological polar surface area (TPSA) is 74.5 Å². The lowest BCUT2D eigenvalue weighted by Crippen LogP contribution is -2.00. The van der Waals surface area contributed by atoms with Crippen molar-refractivity contribution >= 4 is 5.69 Å². The number of benzene rings is 1. The van der Waals surface area contributed by atoms with Crippen LogP contribution in [0.4, 0.5) is 5.69 Å². The average molecular weight is 274 g/mol. The molecule has 20 heavy (non-hydrogen) atoms. The third-order valence-corrected chi connectivity index (χ3v) is 2.89. The minimum atomic E-state index is -0.470. The van der Waals surface area contributed by atoms with E-state index < -0.39 is 4.92 Å². The second-order valence-electron chi connectivity index (χ2n) is 4.18. The third-order valence-electron chi connectivity index (χ3n) is 2.89. The van der Waals surface area contributed by atoms with E-state index in [2.05, 4.69) is 4.98 Å². The van der Waals surface area contributed by atoms with Crippen LogP contribution in [0.1, 0.15) is 11.1 Å². The van der Waals surface area contributed by atoms with Crippen LogP contribution in [0.25, 0.3) is 0 Å². The Morgan fingerprint density at radius 3 is 2.55 bits per heavy atom. The van der Waals surface area contributed by atoms with E-state index in [1.54, 1.807) is 14.0 Å². The fourth-order valence-corrected chi connectivity index (χ4v) is 1.71. The Morgan fingerprint density at radius 2 is 1.95 bits per heavy atom. The minimum Gasteiger partial charge on any atom is -0.497 e. The molecular weight excluding hydrogens is 260 g/mol. The number of hydrogen-bond donors (Lipinski definition) is 0. The highest BCUT2D eigenvalue weighted by Crippen LogP contribution is 2.26. The van der Waals surface area contributed by atoms with Gasteiger partial charge < -0.3 is 9.47 Å². The van der Waals surface area contributed by atoms with Crippen molar-refractivity contribution < 1.29 is 14.4 Å². The zero-order chi connectivity index (χ0) is 14.5. The molecule has 6 nitrogen and oxygen atoms in total. The number of hydrogen-bond acceptors (Lipinski definition) is 5. The summed E-state index contributed by atoms with van der Waals surface area (Å²) in [5.74, 6) is 1.18. The van der Waals surface area contributed by atoms with Gasteiger partial charge in [-0.25, -0.2) is 0 Å². The molecule has 0 saturated heterocycles. The van der Waals surface area contributed by atoms with Crippen LogP contribution in [0, 0.1) is 17.0 Å². The van der Waals surface area contributed by atoms with Gasteiger partial charge >= 0.3 is 0 Å². The van der Waals surface area contributed by atoms with Gasteiger partial charge in [-0.1, -0.05) is 12.1 Å². The molecule has 0 aliphatic carbocycles. The summed E-state index contributed by atoms with van der Waals surface area (Å²) in [7, 11) is 1.60. The van der Waals surface area contributed by atoms with Gasteiger partial charge in [0.25, 0.3) is 5.69 Å². The molecule has 6 heteroatoms. The highest BCUT2D eigenvalue weighted by atomic mass is 16.6. The summed E-state index contributed by atoms with van der Waals surface area (Å²) in [6.45, 7) is 1.96. The minimum absolute atomic E-state index is 0.0442. The molecule has 0 unspecified atom stereocenters. The largest absolute Gasteiger partial charge is 0.497 e. The molecule has 0 spiro atoms. The second-order valence-corrected chi connectivity index (χ2v) is 4.18. The first-order chi connectivity index (χ1) is 9.61. The van der Waals surface area contributed by atoms with Crippen LogP contribution >= 0.6 is 0 Å². The standard InChI is InChI=1S/C14H14N2O4/c1-10-13(16(17)18)7-15-8-14(10)20-9-11-3-5-12(19-2)6-4-11/h3-8H,9H2,1-2H3. The lowest BCUT2D eigenvalue weighted by Gasteiger charge is -2.09. The summed E-state index contributed by atoms with van der Waals surface area (Å²) in [5, 5.41) is 10.8. The summed E-state index contributed by atoms with van der Waals surface area (Å²) in [6, 6.07) is 7.41. The van der Waals surface area contributed by atoms with Crippen molar-refractivity contribution in [1.29, 1.82) is 0 Å². The molecule has 0 aliphatic heterocycles. The van der Waals surface area contributed by atoms with Crippen LogP contribution in [0.15, 0.2) is 36.7 Å². The first-order valence-electron chi connectivity index (χ1n) is 5.96. The lowest BCUT2D eigenvalue weighted by atomic mass is 10.2. The molecule has 0 bridgehead atoms. The molecule has 1 aromatic heterocycles. The molecule has 1 aromatic carbocycles. The monoisotopic (exact) mass is 274 g/mol. The Bertz CT molecular complexity index is 611. The van der Waals surface area contributed by atoms with E-state index in [1.807, 2.05) is 24.3 Å². The van der Waals surface area contributed by atoms with Crippen molar-refractivity contribution in [2.24, 2.45) is 0 Å². The summed E-state index contributed by atoms with van der Waals surface area (Å²) >= 11 is 0. The van der Waals surface area contributed by atoms with E-state index >= 15 is 0 Å². The summed E-state index contributed by atoms with van der Waals surface area (Å²) < 4.78 is 10.6. The van der Waals surface area contributed by atoms with Crippen LogP contribution in [-0.4, -0.2) is 17.0 Å². The molecular formula is C14H14N2O4. The number of methoxy groups -OCH3 is 1. The molecule has 0 amide bonds. The Kier molecular flexibility index (Phi) is 4.14. The van der Waals surface area contributed by atoms with Gasteiger partial charge in [0.2, 0.25) is 0 Å². The van der Waals surface area contributed by atoms with Crippen molar-refractivity contribution in [3.63, 3.8) is 0 Å². The van der Waals surface area contributed by atoms with Crippen molar-refractivity contribution in [2.75, 3.05) is 7.11 Å². The van der Waals surface area contributed by atoms with Crippen molar-refractivity contribution in [2.45, 2.75) is 13.5 Å². The maximum Gasteiger partial charge on any atom is 0.294 e. The quantitative estimate of drug-likeness (QED) is 0.619. The molecule has 2 rings (SSSR count). The molecule has 0 saturated carbocycles. The second kappa shape index (κ2) is 6.01. The molecule has 0 N–H and O–H groups in total. The predicted octanol–water partition coefficient (Wildman–Crippen LogP) is 2.89. The van der Waals surface area contributed by atoms with Gasteiger partial charge in [-0.2, -0.15) is 0 Å². The average Bonchev–Trinajstić information content (AvgIpc) is 2.46. The molecule has 0 radical (unpaired) electrons. The smallest absolute Gasteiger partial charge is 0.294 e. The van der Waals surface area contributed by atoms with Gasteiger partial charge in [-0.15, -0.1) is 0 Å². The fourth-order valence-electron chi connectivity index (χ4n) is 1.71. The number of ether oxygens (including phenoxy) is 2. The van der Waals surface area contributed by atoms with E-state index in [9.17, 15) is 10.1 Å². The molecule has 1 heterocycles. The summed E-state index contributed by atoms with van der Waals surface area (Å²) in [6.07, 6.45) is 2.70. The van der Waals surface area contributed by atoms with Crippen LogP contribution in [0.2, 0.25) is 0 Å². The van der Waals surface area contributed by atoms with E-state index in [0.29, 0.717) is 17.9 Å². The van der Waals surface area contributed by atoms with Gasteiger partial charge in [-0.3, -0.25) is 15.1 Å². The lowest BCUT2D eigenvalue weighted by molar-refractivity contribution is -0.385. The van der Waals surface area contributed by atoms with Crippen LogP contribution in [0.3, 0.4) is 0 Å². The van der Waals surface area contributed by atoms with Crippen LogP contribution in [0.5, 0.6) is 11.5 Å².